The fourth-order valence-corrected chi connectivity index (χ4v) is 3.22. The summed E-state index contributed by atoms with van der Waals surface area (Å²) in [7, 11) is 0. The molecule has 6 nitrogen and oxygen atoms in total. The number of aryl methyl sites for hydroxylation is 1. The number of carbonyl (C=O) groups is 3. The predicted octanol–water partition coefficient (Wildman–Crippen LogP) is 3.40. The van der Waals surface area contributed by atoms with Crippen molar-refractivity contribution < 1.29 is 19.1 Å². The molecule has 0 saturated heterocycles. The zero-order valence-electron chi connectivity index (χ0n) is 15.4. The monoisotopic (exact) mass is 372 g/mol. The van der Waals surface area contributed by atoms with Crippen LogP contribution in [0.3, 0.4) is 0 Å². The van der Waals surface area contributed by atoms with E-state index in [4.69, 9.17) is 4.74 Å². The van der Waals surface area contributed by atoms with Crippen LogP contribution in [0.15, 0.2) is 48.7 Å². The first-order valence-electron chi connectivity index (χ1n) is 8.85. The molecule has 1 aliphatic carbocycles. The Labute approximate surface area is 161 Å². The number of ether oxygens (including phenoxy) is 1. The Morgan fingerprint density at radius 1 is 1.00 bits per heavy atom. The molecule has 2 aromatic heterocycles. The maximum atomic E-state index is 13.2. The summed E-state index contributed by atoms with van der Waals surface area (Å²) in [5, 5.41) is 0. The topological polar surface area (TPSA) is 86.2 Å². The second kappa shape index (κ2) is 6.81. The minimum atomic E-state index is -0.647. The SMILES string of the molecule is CCOC(=O)c1cc2c(c(-c3ccc(C)cc3)n1)C(=O)c1cccnc1C2=O. The van der Waals surface area contributed by atoms with Gasteiger partial charge in [-0.3, -0.25) is 14.6 Å². The first-order chi connectivity index (χ1) is 13.5. The highest BCUT2D eigenvalue weighted by molar-refractivity contribution is 6.29. The van der Waals surface area contributed by atoms with Crippen molar-refractivity contribution in [2.24, 2.45) is 0 Å². The number of carbonyl (C=O) groups excluding carboxylic acids is 3. The van der Waals surface area contributed by atoms with Crippen LogP contribution < -0.4 is 0 Å². The maximum absolute atomic E-state index is 13.2. The lowest BCUT2D eigenvalue weighted by atomic mass is 9.84. The van der Waals surface area contributed by atoms with Crippen molar-refractivity contribution in [1.29, 1.82) is 0 Å². The van der Waals surface area contributed by atoms with Crippen molar-refractivity contribution in [2.75, 3.05) is 6.61 Å². The lowest BCUT2D eigenvalue weighted by molar-refractivity contribution is 0.0519. The Hall–Kier alpha value is -3.67. The van der Waals surface area contributed by atoms with Crippen LogP contribution in [0.5, 0.6) is 0 Å². The highest BCUT2D eigenvalue weighted by atomic mass is 16.5. The van der Waals surface area contributed by atoms with Gasteiger partial charge in [0.1, 0.15) is 11.4 Å². The highest BCUT2D eigenvalue weighted by Gasteiger charge is 2.35. The predicted molar refractivity (Wildman–Crippen MR) is 101 cm³/mol. The molecule has 138 valence electrons. The molecule has 0 saturated carbocycles. The van der Waals surface area contributed by atoms with Gasteiger partial charge in [-0.15, -0.1) is 0 Å². The average molecular weight is 372 g/mol. The lowest BCUT2D eigenvalue weighted by Crippen LogP contribution is -2.25. The molecule has 4 rings (SSSR count). The third-order valence-electron chi connectivity index (χ3n) is 4.57. The number of esters is 1. The Morgan fingerprint density at radius 2 is 1.75 bits per heavy atom. The average Bonchev–Trinajstić information content (AvgIpc) is 2.72. The van der Waals surface area contributed by atoms with E-state index in [1.54, 1.807) is 19.1 Å². The first kappa shape index (κ1) is 17.7. The van der Waals surface area contributed by atoms with Crippen molar-refractivity contribution in [1.82, 2.24) is 9.97 Å². The van der Waals surface area contributed by atoms with Crippen molar-refractivity contribution in [3.8, 4) is 11.3 Å². The summed E-state index contributed by atoms with van der Waals surface area (Å²) in [4.78, 5) is 47.0. The zero-order valence-corrected chi connectivity index (χ0v) is 15.4. The van der Waals surface area contributed by atoms with Gasteiger partial charge in [0.05, 0.1) is 23.4 Å². The van der Waals surface area contributed by atoms with Crippen molar-refractivity contribution in [2.45, 2.75) is 13.8 Å². The number of ketones is 2. The van der Waals surface area contributed by atoms with Crippen LogP contribution in [0.2, 0.25) is 0 Å². The third-order valence-corrected chi connectivity index (χ3v) is 4.57. The summed E-state index contributed by atoms with van der Waals surface area (Å²) in [6, 6.07) is 11.9. The molecule has 0 aliphatic heterocycles. The zero-order chi connectivity index (χ0) is 19.8. The van der Waals surface area contributed by atoms with E-state index in [-0.39, 0.29) is 46.2 Å². The molecule has 1 aromatic carbocycles. The molecule has 0 fully saturated rings. The van der Waals surface area contributed by atoms with Gasteiger partial charge in [0.2, 0.25) is 5.78 Å². The van der Waals surface area contributed by atoms with E-state index in [1.807, 2.05) is 31.2 Å². The molecule has 0 radical (unpaired) electrons. The summed E-state index contributed by atoms with van der Waals surface area (Å²) in [6.45, 7) is 3.80. The Kier molecular flexibility index (Phi) is 4.31. The second-order valence-corrected chi connectivity index (χ2v) is 6.42. The Morgan fingerprint density at radius 3 is 2.46 bits per heavy atom. The quantitative estimate of drug-likeness (QED) is 0.512. The third kappa shape index (κ3) is 2.79. The molecule has 0 spiro atoms. The molecule has 0 N–H and O–H groups in total. The van der Waals surface area contributed by atoms with E-state index >= 15 is 0 Å². The maximum Gasteiger partial charge on any atom is 0.356 e. The van der Waals surface area contributed by atoms with E-state index < -0.39 is 11.8 Å². The summed E-state index contributed by atoms with van der Waals surface area (Å²) >= 11 is 0. The lowest BCUT2D eigenvalue weighted by Gasteiger charge is -2.20. The van der Waals surface area contributed by atoms with E-state index in [2.05, 4.69) is 9.97 Å². The fourth-order valence-electron chi connectivity index (χ4n) is 3.22. The molecule has 1 aliphatic rings. The Bertz CT molecular complexity index is 1130. The summed E-state index contributed by atoms with van der Waals surface area (Å²) in [5.41, 5.74) is 2.56. The van der Waals surface area contributed by atoms with Gasteiger partial charge in [-0.05, 0) is 32.0 Å². The summed E-state index contributed by atoms with van der Waals surface area (Å²) in [5.74, 6) is -1.39. The van der Waals surface area contributed by atoms with Crippen LogP contribution in [0.1, 0.15) is 54.9 Å². The minimum Gasteiger partial charge on any atom is -0.461 e. The molecule has 0 amide bonds. The minimum absolute atomic E-state index is 0.0169. The van der Waals surface area contributed by atoms with E-state index in [0.29, 0.717) is 5.56 Å². The number of fused-ring (bicyclic) bond motifs is 2. The van der Waals surface area contributed by atoms with Gasteiger partial charge in [0, 0.05) is 17.3 Å². The van der Waals surface area contributed by atoms with Gasteiger partial charge in [0.25, 0.3) is 0 Å². The van der Waals surface area contributed by atoms with Gasteiger partial charge in [-0.25, -0.2) is 9.78 Å². The van der Waals surface area contributed by atoms with Crippen LogP contribution in [0, 0.1) is 6.92 Å². The van der Waals surface area contributed by atoms with Gasteiger partial charge < -0.3 is 4.74 Å². The molecule has 3 aromatic rings. The number of hydrogen-bond acceptors (Lipinski definition) is 6. The molecule has 28 heavy (non-hydrogen) atoms. The number of pyridine rings is 2. The standard InChI is InChI=1S/C22H16N2O4/c1-3-28-22(27)16-11-15-17(18(24-16)13-8-6-12(2)7-9-13)20(25)14-5-4-10-23-19(14)21(15)26/h4-11H,3H2,1-2H3. The smallest absolute Gasteiger partial charge is 0.356 e. The fraction of sp³-hybridized carbons (Fsp3) is 0.136. The van der Waals surface area contributed by atoms with E-state index in [0.717, 1.165) is 5.56 Å². The normalized spacial score (nSPS) is 12.4. The molecule has 0 bridgehead atoms. The first-order valence-corrected chi connectivity index (χ1v) is 8.85. The van der Waals surface area contributed by atoms with Crippen LogP contribution in [-0.4, -0.2) is 34.1 Å². The molecule has 0 unspecified atom stereocenters. The van der Waals surface area contributed by atoms with Gasteiger partial charge in [-0.2, -0.15) is 0 Å². The second-order valence-electron chi connectivity index (χ2n) is 6.42. The summed E-state index contributed by atoms with van der Waals surface area (Å²) in [6.07, 6.45) is 1.46. The van der Waals surface area contributed by atoms with Gasteiger partial charge in [-0.1, -0.05) is 29.8 Å². The van der Waals surface area contributed by atoms with Crippen LogP contribution in [0.4, 0.5) is 0 Å². The molecular weight excluding hydrogens is 356 g/mol. The summed E-state index contributed by atoms with van der Waals surface area (Å²) < 4.78 is 5.05. The number of nitrogens with zero attached hydrogens (tertiary/aromatic N) is 2. The van der Waals surface area contributed by atoms with Crippen LogP contribution >= 0.6 is 0 Å². The molecule has 6 heteroatoms. The van der Waals surface area contributed by atoms with Crippen molar-refractivity contribution in [3.63, 3.8) is 0 Å². The van der Waals surface area contributed by atoms with Crippen molar-refractivity contribution in [3.05, 3.63) is 82.3 Å². The van der Waals surface area contributed by atoms with Gasteiger partial charge in [0.15, 0.2) is 5.78 Å². The molecule has 2 heterocycles. The van der Waals surface area contributed by atoms with E-state index in [9.17, 15) is 14.4 Å². The highest BCUT2D eigenvalue weighted by Crippen LogP contribution is 2.33. The number of hydrogen-bond donors (Lipinski definition) is 0. The van der Waals surface area contributed by atoms with Crippen LogP contribution in [-0.2, 0) is 4.74 Å². The molecule has 0 atom stereocenters. The van der Waals surface area contributed by atoms with Crippen molar-refractivity contribution >= 4 is 17.5 Å². The van der Waals surface area contributed by atoms with Crippen LogP contribution in [0.25, 0.3) is 11.3 Å². The molecular formula is C22H16N2O4. The number of aromatic nitrogens is 2. The largest absolute Gasteiger partial charge is 0.461 e. The van der Waals surface area contributed by atoms with E-state index in [1.165, 1.54) is 12.3 Å². The van der Waals surface area contributed by atoms with Gasteiger partial charge >= 0.3 is 5.97 Å². The number of benzene rings is 1. The number of rotatable bonds is 3. The Balaban J connectivity index is 2.01.